The molecule has 3 rings (SSSR count). The topological polar surface area (TPSA) is 81.4 Å². The van der Waals surface area contributed by atoms with E-state index in [2.05, 4.69) is 5.10 Å². The number of ether oxygens (including phenoxy) is 1. The fraction of sp³-hybridized carbons (Fsp3) is 0.211. The number of benzene rings is 2. The lowest BCUT2D eigenvalue weighted by molar-refractivity contribution is 0.0330. The highest BCUT2D eigenvalue weighted by atomic mass is 35.5. The average molecular weight is 373 g/mol. The molecule has 26 heavy (non-hydrogen) atoms. The lowest BCUT2D eigenvalue weighted by Gasteiger charge is -2.16. The van der Waals surface area contributed by atoms with Crippen molar-refractivity contribution in [1.82, 2.24) is 9.78 Å². The minimum absolute atomic E-state index is 0.00991. The van der Waals surface area contributed by atoms with Gasteiger partial charge in [0.05, 0.1) is 18.5 Å². The maximum atomic E-state index is 12.7. The number of aliphatic hydroxyl groups is 1. The molecular weight excluding hydrogens is 356 g/mol. The summed E-state index contributed by atoms with van der Waals surface area (Å²) in [7, 11) is 0. The van der Waals surface area contributed by atoms with E-state index in [1.807, 2.05) is 0 Å². The zero-order valence-electron chi connectivity index (χ0n) is 14.1. The van der Waals surface area contributed by atoms with Gasteiger partial charge in [-0.25, -0.2) is 9.48 Å². The molecule has 134 valence electrons. The smallest absolute Gasteiger partial charge is 0.360 e. The molecule has 1 atom stereocenters. The monoisotopic (exact) mass is 372 g/mol. The van der Waals surface area contributed by atoms with Gasteiger partial charge in [-0.3, -0.25) is 4.79 Å². The van der Waals surface area contributed by atoms with E-state index in [9.17, 15) is 9.59 Å². The van der Waals surface area contributed by atoms with E-state index in [1.54, 1.807) is 55.5 Å². The van der Waals surface area contributed by atoms with Gasteiger partial charge in [0.15, 0.2) is 5.69 Å². The zero-order valence-corrected chi connectivity index (χ0v) is 14.8. The molecule has 0 fully saturated rings. The predicted molar refractivity (Wildman–Crippen MR) is 98.4 cm³/mol. The first-order valence-electron chi connectivity index (χ1n) is 8.09. The van der Waals surface area contributed by atoms with Gasteiger partial charge in [0.25, 0.3) is 5.56 Å². The highest BCUT2D eigenvalue weighted by Crippen LogP contribution is 2.26. The van der Waals surface area contributed by atoms with Crippen molar-refractivity contribution in [1.29, 1.82) is 0 Å². The van der Waals surface area contributed by atoms with E-state index in [0.717, 1.165) is 4.68 Å². The molecule has 0 saturated carbocycles. The molecule has 0 amide bonds. The number of rotatable bonds is 5. The van der Waals surface area contributed by atoms with Crippen molar-refractivity contribution in [2.24, 2.45) is 0 Å². The molecule has 1 aromatic heterocycles. The Hall–Kier alpha value is -2.70. The highest BCUT2D eigenvalue weighted by molar-refractivity contribution is 6.31. The summed E-state index contributed by atoms with van der Waals surface area (Å²) in [6.07, 6.45) is -0.588. The summed E-state index contributed by atoms with van der Waals surface area (Å²) >= 11 is 6.15. The first kappa shape index (κ1) is 18.1. The maximum absolute atomic E-state index is 12.7. The number of aliphatic hydroxyl groups excluding tert-OH is 1. The molecular formula is C19H17ClN2O4. The summed E-state index contributed by atoms with van der Waals surface area (Å²) in [4.78, 5) is 25.1. The minimum atomic E-state index is -0.666. The lowest BCUT2D eigenvalue weighted by Crippen LogP contribution is -2.28. The van der Waals surface area contributed by atoms with Gasteiger partial charge in [-0.15, -0.1) is 0 Å². The Morgan fingerprint density at radius 1 is 1.19 bits per heavy atom. The summed E-state index contributed by atoms with van der Waals surface area (Å²) in [6, 6.07) is 13.8. The molecule has 1 N–H and O–H groups in total. The van der Waals surface area contributed by atoms with Crippen LogP contribution in [0.3, 0.4) is 0 Å². The third kappa shape index (κ3) is 3.47. The highest BCUT2D eigenvalue weighted by Gasteiger charge is 2.21. The Labute approximate surface area is 154 Å². The van der Waals surface area contributed by atoms with Crippen molar-refractivity contribution in [3.8, 4) is 0 Å². The van der Waals surface area contributed by atoms with Crippen LogP contribution in [0, 0.1) is 0 Å². The second kappa shape index (κ2) is 7.68. The van der Waals surface area contributed by atoms with E-state index < -0.39 is 12.1 Å². The van der Waals surface area contributed by atoms with Gasteiger partial charge in [0.1, 0.15) is 6.10 Å². The number of nitrogens with zero attached hydrogens (tertiary/aromatic N) is 2. The molecule has 0 bridgehead atoms. The molecule has 7 heteroatoms. The van der Waals surface area contributed by atoms with Crippen molar-refractivity contribution in [2.75, 3.05) is 6.61 Å². The first-order chi connectivity index (χ1) is 12.5. The summed E-state index contributed by atoms with van der Waals surface area (Å²) < 4.78 is 6.59. The molecule has 3 aromatic rings. The van der Waals surface area contributed by atoms with Crippen molar-refractivity contribution in [2.45, 2.75) is 19.6 Å². The number of esters is 1. The largest absolute Gasteiger partial charge is 0.453 e. The quantitative estimate of drug-likeness (QED) is 0.696. The van der Waals surface area contributed by atoms with E-state index in [4.69, 9.17) is 21.4 Å². The lowest BCUT2D eigenvalue weighted by atomic mass is 10.1. The van der Waals surface area contributed by atoms with Crippen molar-refractivity contribution >= 4 is 28.3 Å². The van der Waals surface area contributed by atoms with Crippen LogP contribution in [0.2, 0.25) is 5.02 Å². The second-order valence-electron chi connectivity index (χ2n) is 5.72. The van der Waals surface area contributed by atoms with Gasteiger partial charge in [-0.2, -0.15) is 5.10 Å². The molecule has 0 spiro atoms. The molecule has 2 aromatic carbocycles. The Morgan fingerprint density at radius 2 is 1.85 bits per heavy atom. The van der Waals surface area contributed by atoms with Gasteiger partial charge in [0, 0.05) is 16.0 Å². The number of carbonyl (C=O) groups excluding carboxylic acids is 1. The van der Waals surface area contributed by atoms with E-state index >= 15 is 0 Å². The van der Waals surface area contributed by atoms with Gasteiger partial charge in [0.2, 0.25) is 0 Å². The van der Waals surface area contributed by atoms with E-state index in [0.29, 0.717) is 21.4 Å². The number of carbonyl (C=O) groups is 1. The zero-order chi connectivity index (χ0) is 18.7. The van der Waals surface area contributed by atoms with Crippen LogP contribution >= 0.6 is 11.6 Å². The molecule has 0 aliphatic rings. The van der Waals surface area contributed by atoms with Gasteiger partial charge >= 0.3 is 5.97 Å². The Morgan fingerprint density at radius 3 is 2.54 bits per heavy atom. The molecule has 0 unspecified atom stereocenters. The Kier molecular flexibility index (Phi) is 5.35. The Bertz CT molecular complexity index is 1020. The fourth-order valence-electron chi connectivity index (χ4n) is 2.72. The van der Waals surface area contributed by atoms with Crippen LogP contribution in [0.4, 0.5) is 0 Å². The molecule has 1 heterocycles. The summed E-state index contributed by atoms with van der Waals surface area (Å²) in [5.41, 5.74) is 0.327. The maximum Gasteiger partial charge on any atom is 0.360 e. The number of hydrogen-bond donors (Lipinski definition) is 1. The van der Waals surface area contributed by atoms with Crippen LogP contribution in [-0.4, -0.2) is 27.5 Å². The summed E-state index contributed by atoms with van der Waals surface area (Å²) in [6.45, 7) is 1.44. The van der Waals surface area contributed by atoms with Crippen LogP contribution in [0.15, 0.2) is 53.3 Å². The number of fused-ring (bicyclic) bond motifs is 1. The Balaban J connectivity index is 2.01. The fourth-order valence-corrected chi connectivity index (χ4v) is 3.01. The van der Waals surface area contributed by atoms with Gasteiger partial charge < -0.3 is 9.84 Å². The third-order valence-electron chi connectivity index (χ3n) is 4.00. The summed E-state index contributed by atoms with van der Waals surface area (Å²) in [5.74, 6) is -0.666. The second-order valence-corrected chi connectivity index (χ2v) is 6.12. The average Bonchev–Trinajstić information content (AvgIpc) is 2.64. The van der Waals surface area contributed by atoms with Crippen molar-refractivity contribution in [3.05, 3.63) is 75.2 Å². The number of halogens is 1. The minimum Gasteiger partial charge on any atom is -0.453 e. The molecule has 0 aliphatic carbocycles. The molecule has 6 nitrogen and oxygen atoms in total. The molecule has 0 saturated heterocycles. The molecule has 0 aliphatic heterocycles. The standard InChI is InChI=1S/C19H17ClN2O4/c1-12(13-6-4-5-9-16(13)20)26-19(25)17-14-7-2-3-8-15(14)18(24)22(21-17)10-11-23/h2-9,12,23H,10-11H2,1H3/t12-/m0/s1. The van der Waals surface area contributed by atoms with Gasteiger partial charge in [-0.05, 0) is 19.1 Å². The van der Waals surface area contributed by atoms with Crippen LogP contribution in [0.25, 0.3) is 10.8 Å². The number of aromatic nitrogens is 2. The van der Waals surface area contributed by atoms with Crippen LogP contribution in [-0.2, 0) is 11.3 Å². The first-order valence-corrected chi connectivity index (χ1v) is 8.47. The molecule has 0 radical (unpaired) electrons. The predicted octanol–water partition coefficient (Wildman–Crippen LogP) is 2.96. The van der Waals surface area contributed by atoms with Crippen molar-refractivity contribution in [3.63, 3.8) is 0 Å². The third-order valence-corrected chi connectivity index (χ3v) is 4.34. The van der Waals surface area contributed by atoms with E-state index in [1.165, 1.54) is 0 Å². The van der Waals surface area contributed by atoms with Crippen molar-refractivity contribution < 1.29 is 14.6 Å². The van der Waals surface area contributed by atoms with Crippen LogP contribution < -0.4 is 5.56 Å². The number of hydrogen-bond acceptors (Lipinski definition) is 5. The normalized spacial score (nSPS) is 12.1. The van der Waals surface area contributed by atoms with E-state index in [-0.39, 0.29) is 24.4 Å². The van der Waals surface area contributed by atoms with Crippen LogP contribution in [0.5, 0.6) is 0 Å². The van der Waals surface area contributed by atoms with Gasteiger partial charge in [-0.1, -0.05) is 48.0 Å². The summed E-state index contributed by atoms with van der Waals surface area (Å²) in [5, 5.41) is 14.5. The van der Waals surface area contributed by atoms with Crippen LogP contribution in [0.1, 0.15) is 29.1 Å². The SMILES string of the molecule is C[C@H](OC(=O)c1nn(CCO)c(=O)c2ccccc12)c1ccccc1Cl.